The van der Waals surface area contributed by atoms with Crippen molar-refractivity contribution in [3.05, 3.63) is 26.6 Å². The second kappa shape index (κ2) is 5.80. The Kier molecular flexibility index (Phi) is 4.06. The van der Waals surface area contributed by atoms with Gasteiger partial charge in [0.15, 0.2) is 0 Å². The van der Waals surface area contributed by atoms with Crippen molar-refractivity contribution >= 4 is 11.6 Å². The molecule has 0 aromatic carbocycles. The highest BCUT2D eigenvalue weighted by Crippen LogP contribution is 2.33. The molecule has 1 aromatic rings. The average molecular weight is 296 g/mol. The molecule has 0 aliphatic heterocycles. The van der Waals surface area contributed by atoms with Crippen LogP contribution < -0.4 is 5.56 Å². The summed E-state index contributed by atoms with van der Waals surface area (Å²) in [5.74, 6) is 0.624. The Balaban J connectivity index is 2.00. The van der Waals surface area contributed by atoms with Gasteiger partial charge in [0.1, 0.15) is 10.8 Å². The fraction of sp³-hybridized carbons (Fsp3) is 0.688. The Morgan fingerprint density at radius 2 is 1.80 bits per heavy atom. The lowest BCUT2D eigenvalue weighted by molar-refractivity contribution is 0.309. The molecule has 1 aromatic heterocycles. The van der Waals surface area contributed by atoms with E-state index in [4.69, 9.17) is 11.6 Å². The molecule has 0 spiro atoms. The third-order valence-electron chi connectivity index (χ3n) is 4.86. The standard InChI is InChI=1S/C16H22ClNO2/c17-14-15(19)12-8-4-5-9-13(12)18(16(14)20)10-11-6-2-1-3-7-11/h11,19H,1-10H2. The third kappa shape index (κ3) is 2.48. The van der Waals surface area contributed by atoms with Crippen LogP contribution in [0.2, 0.25) is 5.02 Å². The van der Waals surface area contributed by atoms with E-state index in [-0.39, 0.29) is 16.3 Å². The van der Waals surface area contributed by atoms with Gasteiger partial charge in [-0.3, -0.25) is 4.79 Å². The SMILES string of the molecule is O=c1c(Cl)c(O)c2c(n1CC1CCCCC1)CCCC2. The fourth-order valence-corrected chi connectivity index (χ4v) is 3.95. The van der Waals surface area contributed by atoms with Crippen molar-refractivity contribution in [3.63, 3.8) is 0 Å². The molecule has 0 atom stereocenters. The van der Waals surface area contributed by atoms with Gasteiger partial charge in [-0.15, -0.1) is 0 Å². The van der Waals surface area contributed by atoms with Crippen LogP contribution >= 0.6 is 11.6 Å². The van der Waals surface area contributed by atoms with Gasteiger partial charge in [-0.05, 0) is 44.4 Å². The second-order valence-corrected chi connectivity index (χ2v) is 6.59. The Morgan fingerprint density at radius 1 is 1.10 bits per heavy atom. The maximum absolute atomic E-state index is 12.4. The van der Waals surface area contributed by atoms with E-state index < -0.39 is 0 Å². The summed E-state index contributed by atoms with van der Waals surface area (Å²) in [5, 5.41) is 10.1. The van der Waals surface area contributed by atoms with Crippen LogP contribution in [0.15, 0.2) is 4.79 Å². The molecule has 1 heterocycles. The molecule has 0 bridgehead atoms. The first kappa shape index (κ1) is 14.0. The molecule has 20 heavy (non-hydrogen) atoms. The summed E-state index contributed by atoms with van der Waals surface area (Å²) >= 11 is 6.05. The summed E-state index contributed by atoms with van der Waals surface area (Å²) in [4.78, 5) is 12.4. The van der Waals surface area contributed by atoms with Crippen LogP contribution in [0.1, 0.15) is 56.2 Å². The quantitative estimate of drug-likeness (QED) is 0.904. The minimum atomic E-state index is -0.199. The van der Waals surface area contributed by atoms with Gasteiger partial charge >= 0.3 is 0 Å². The summed E-state index contributed by atoms with van der Waals surface area (Å²) in [6, 6.07) is 0. The summed E-state index contributed by atoms with van der Waals surface area (Å²) in [7, 11) is 0. The van der Waals surface area contributed by atoms with Crippen LogP contribution in [0.25, 0.3) is 0 Å². The number of pyridine rings is 1. The highest BCUT2D eigenvalue weighted by Gasteiger charge is 2.24. The maximum atomic E-state index is 12.4. The molecule has 1 saturated carbocycles. The first-order valence-electron chi connectivity index (χ1n) is 7.81. The average Bonchev–Trinajstić information content (AvgIpc) is 2.50. The molecular weight excluding hydrogens is 274 g/mol. The van der Waals surface area contributed by atoms with E-state index in [1.807, 2.05) is 4.57 Å². The minimum Gasteiger partial charge on any atom is -0.506 e. The highest BCUT2D eigenvalue weighted by molar-refractivity contribution is 6.31. The van der Waals surface area contributed by atoms with Crippen molar-refractivity contribution in [2.45, 2.75) is 64.3 Å². The number of halogens is 1. The van der Waals surface area contributed by atoms with Crippen molar-refractivity contribution < 1.29 is 5.11 Å². The van der Waals surface area contributed by atoms with Gasteiger partial charge in [-0.2, -0.15) is 0 Å². The molecule has 0 radical (unpaired) electrons. The summed E-state index contributed by atoms with van der Waals surface area (Å²) in [6.45, 7) is 0.779. The Labute approximate surface area is 124 Å². The number of nitrogens with zero attached hydrogens (tertiary/aromatic N) is 1. The van der Waals surface area contributed by atoms with Crippen LogP contribution in [0.4, 0.5) is 0 Å². The van der Waals surface area contributed by atoms with Gasteiger partial charge in [0.05, 0.1) is 0 Å². The number of fused-ring (bicyclic) bond motifs is 1. The largest absolute Gasteiger partial charge is 0.506 e. The second-order valence-electron chi connectivity index (χ2n) is 6.21. The molecule has 1 fully saturated rings. The van der Waals surface area contributed by atoms with Crippen LogP contribution in [0.5, 0.6) is 5.75 Å². The van der Waals surface area contributed by atoms with Gasteiger partial charge in [-0.25, -0.2) is 0 Å². The lowest BCUT2D eigenvalue weighted by Gasteiger charge is -2.27. The van der Waals surface area contributed by atoms with Crippen LogP contribution in [-0.2, 0) is 19.4 Å². The van der Waals surface area contributed by atoms with Gasteiger partial charge in [0.25, 0.3) is 5.56 Å². The molecule has 0 saturated heterocycles. The van der Waals surface area contributed by atoms with Crippen LogP contribution in [0, 0.1) is 5.92 Å². The van der Waals surface area contributed by atoms with E-state index >= 15 is 0 Å². The van der Waals surface area contributed by atoms with Crippen molar-refractivity contribution in [1.29, 1.82) is 0 Å². The Hall–Kier alpha value is -0.960. The molecule has 2 aliphatic carbocycles. The van der Waals surface area contributed by atoms with E-state index in [1.54, 1.807) is 0 Å². The zero-order valence-corrected chi connectivity index (χ0v) is 12.6. The zero-order valence-electron chi connectivity index (χ0n) is 11.8. The van der Waals surface area contributed by atoms with Crippen LogP contribution in [0.3, 0.4) is 0 Å². The van der Waals surface area contributed by atoms with Crippen LogP contribution in [-0.4, -0.2) is 9.67 Å². The summed E-state index contributed by atoms with van der Waals surface area (Å²) in [5.41, 5.74) is 1.75. The third-order valence-corrected chi connectivity index (χ3v) is 5.20. The Morgan fingerprint density at radius 3 is 2.55 bits per heavy atom. The molecule has 1 N–H and O–H groups in total. The molecule has 110 valence electrons. The smallest absolute Gasteiger partial charge is 0.273 e. The van der Waals surface area contributed by atoms with Gasteiger partial charge < -0.3 is 9.67 Å². The van der Waals surface area contributed by atoms with E-state index in [0.717, 1.165) is 43.5 Å². The fourth-order valence-electron chi connectivity index (χ4n) is 3.74. The lowest BCUT2D eigenvalue weighted by atomic mass is 9.88. The topological polar surface area (TPSA) is 42.2 Å². The predicted octanol–water partition coefficient (Wildman–Crippen LogP) is 3.67. The summed E-state index contributed by atoms with van der Waals surface area (Å²) in [6.07, 6.45) is 10.2. The number of rotatable bonds is 2. The van der Waals surface area contributed by atoms with Crippen molar-refractivity contribution in [2.75, 3.05) is 0 Å². The number of hydrogen-bond acceptors (Lipinski definition) is 2. The molecule has 0 unspecified atom stereocenters. The maximum Gasteiger partial charge on any atom is 0.273 e. The zero-order chi connectivity index (χ0) is 14.1. The van der Waals surface area contributed by atoms with E-state index in [2.05, 4.69) is 0 Å². The molecule has 4 heteroatoms. The molecule has 3 rings (SSSR count). The van der Waals surface area contributed by atoms with E-state index in [9.17, 15) is 9.90 Å². The molecule has 2 aliphatic rings. The van der Waals surface area contributed by atoms with Crippen molar-refractivity contribution in [2.24, 2.45) is 5.92 Å². The van der Waals surface area contributed by atoms with Gasteiger partial charge in [0.2, 0.25) is 0 Å². The Bertz CT molecular complexity index is 559. The highest BCUT2D eigenvalue weighted by atomic mass is 35.5. The molecule has 3 nitrogen and oxygen atoms in total. The lowest BCUT2D eigenvalue weighted by Crippen LogP contribution is -2.30. The van der Waals surface area contributed by atoms with E-state index in [1.165, 1.54) is 32.1 Å². The number of aromatic nitrogens is 1. The molecule has 0 amide bonds. The molecular formula is C16H22ClNO2. The van der Waals surface area contributed by atoms with Crippen molar-refractivity contribution in [1.82, 2.24) is 4.57 Å². The summed E-state index contributed by atoms with van der Waals surface area (Å²) < 4.78 is 1.87. The minimum absolute atomic E-state index is 0.0152. The first-order valence-corrected chi connectivity index (χ1v) is 8.19. The van der Waals surface area contributed by atoms with E-state index in [0.29, 0.717) is 5.92 Å². The van der Waals surface area contributed by atoms with Gasteiger partial charge in [0, 0.05) is 17.8 Å². The first-order chi connectivity index (χ1) is 9.68. The monoisotopic (exact) mass is 295 g/mol. The predicted molar refractivity (Wildman–Crippen MR) is 80.6 cm³/mol. The number of aromatic hydroxyl groups is 1. The van der Waals surface area contributed by atoms with Gasteiger partial charge in [-0.1, -0.05) is 30.9 Å². The normalized spacial score (nSPS) is 19.9. The van der Waals surface area contributed by atoms with Crippen molar-refractivity contribution in [3.8, 4) is 5.75 Å². The number of hydrogen-bond donors (Lipinski definition) is 1.